The molecule has 0 radical (unpaired) electrons. The van der Waals surface area contributed by atoms with E-state index in [1.807, 2.05) is 13.3 Å². The average Bonchev–Trinajstić information content (AvgIpc) is 2.38. The molecule has 4 nitrogen and oxygen atoms in total. The zero-order valence-electron chi connectivity index (χ0n) is 6.63. The van der Waals surface area contributed by atoms with Crippen LogP contribution in [0.5, 0.6) is 0 Å². The van der Waals surface area contributed by atoms with Crippen LogP contribution in [0.1, 0.15) is 11.7 Å². The lowest BCUT2D eigenvalue weighted by molar-refractivity contribution is 0.384. The minimum absolute atomic E-state index is 0.665. The zero-order chi connectivity index (χ0) is 8.10. The predicted molar refractivity (Wildman–Crippen MR) is 44.3 cm³/mol. The van der Waals surface area contributed by atoms with Crippen LogP contribution in [0, 0.1) is 0 Å². The number of hydrogen-bond acceptors (Lipinski definition) is 5. The molecule has 0 aliphatic rings. The summed E-state index contributed by atoms with van der Waals surface area (Å²) in [6, 6.07) is 0. The van der Waals surface area contributed by atoms with Gasteiger partial charge in [0, 0.05) is 0 Å². The first-order chi connectivity index (χ1) is 5.36. The van der Waals surface area contributed by atoms with Crippen molar-refractivity contribution in [2.24, 2.45) is 0 Å². The van der Waals surface area contributed by atoms with Gasteiger partial charge in [-0.15, -0.1) is 0 Å². The van der Waals surface area contributed by atoms with E-state index in [4.69, 9.17) is 4.52 Å². The third-order valence-electron chi connectivity index (χ3n) is 1.11. The first-order valence-electron chi connectivity index (χ1n) is 3.32. The normalized spacial score (nSPS) is 10.4. The number of nitrogens with one attached hydrogen (secondary N) is 1. The molecule has 0 saturated heterocycles. The van der Waals surface area contributed by atoms with Crippen LogP contribution in [0.15, 0.2) is 4.52 Å². The molecule has 0 aromatic carbocycles. The Morgan fingerprint density at radius 3 is 3.09 bits per heavy atom. The van der Waals surface area contributed by atoms with Gasteiger partial charge in [-0.25, -0.2) is 0 Å². The first kappa shape index (κ1) is 8.55. The highest BCUT2D eigenvalue weighted by Gasteiger charge is 2.02. The summed E-state index contributed by atoms with van der Waals surface area (Å²) in [5.74, 6) is 2.20. The van der Waals surface area contributed by atoms with E-state index in [2.05, 4.69) is 15.5 Å². The van der Waals surface area contributed by atoms with Crippen LogP contribution in [0.2, 0.25) is 0 Å². The van der Waals surface area contributed by atoms with E-state index in [9.17, 15) is 0 Å². The Hall–Kier alpha value is -0.550. The molecular formula is C6H11N3OS. The molecule has 0 saturated carbocycles. The molecule has 0 bridgehead atoms. The maximum Gasteiger partial charge on any atom is 0.236 e. The van der Waals surface area contributed by atoms with Gasteiger partial charge in [0.05, 0.1) is 12.3 Å². The molecule has 1 aromatic rings. The smallest absolute Gasteiger partial charge is 0.236 e. The van der Waals surface area contributed by atoms with Crippen molar-refractivity contribution in [3.05, 3.63) is 11.7 Å². The molecule has 1 heterocycles. The van der Waals surface area contributed by atoms with E-state index in [1.165, 1.54) is 0 Å². The Labute approximate surface area is 69.7 Å². The largest absolute Gasteiger partial charge is 0.338 e. The van der Waals surface area contributed by atoms with Crippen LogP contribution in [0.3, 0.4) is 0 Å². The summed E-state index contributed by atoms with van der Waals surface area (Å²) in [4.78, 5) is 4.13. The Balaban J connectivity index is 2.51. The molecular weight excluding hydrogens is 162 g/mol. The lowest BCUT2D eigenvalue weighted by Gasteiger charge is -1.86. The second kappa shape index (κ2) is 4.35. The lowest BCUT2D eigenvalue weighted by Crippen LogP contribution is -2.06. The molecule has 0 aliphatic heterocycles. The van der Waals surface area contributed by atoms with Crippen molar-refractivity contribution in [3.63, 3.8) is 0 Å². The molecule has 0 unspecified atom stereocenters. The molecule has 0 spiro atoms. The molecule has 11 heavy (non-hydrogen) atoms. The average molecular weight is 173 g/mol. The van der Waals surface area contributed by atoms with Gasteiger partial charge in [-0.2, -0.15) is 16.7 Å². The molecule has 0 atom stereocenters. The molecule has 0 aliphatic carbocycles. The van der Waals surface area contributed by atoms with Crippen LogP contribution < -0.4 is 5.32 Å². The first-order valence-corrected chi connectivity index (χ1v) is 4.71. The van der Waals surface area contributed by atoms with Gasteiger partial charge in [-0.3, -0.25) is 0 Å². The van der Waals surface area contributed by atoms with Crippen LogP contribution in [-0.2, 0) is 12.3 Å². The van der Waals surface area contributed by atoms with E-state index in [0.29, 0.717) is 12.4 Å². The van der Waals surface area contributed by atoms with Gasteiger partial charge >= 0.3 is 0 Å². The maximum absolute atomic E-state index is 4.94. The van der Waals surface area contributed by atoms with Crippen LogP contribution >= 0.6 is 11.8 Å². The number of thioether (sulfide) groups is 1. The van der Waals surface area contributed by atoms with Gasteiger partial charge in [0.15, 0.2) is 5.82 Å². The Morgan fingerprint density at radius 1 is 1.64 bits per heavy atom. The highest BCUT2D eigenvalue weighted by Crippen LogP contribution is 2.05. The number of rotatable bonds is 4. The fourth-order valence-electron chi connectivity index (χ4n) is 0.702. The predicted octanol–water partition coefficient (Wildman–Crippen LogP) is 0.652. The number of nitrogens with zero attached hydrogens (tertiary/aromatic N) is 2. The summed E-state index contributed by atoms with van der Waals surface area (Å²) < 4.78 is 4.94. The van der Waals surface area contributed by atoms with E-state index in [-0.39, 0.29) is 0 Å². The van der Waals surface area contributed by atoms with E-state index >= 15 is 0 Å². The second-order valence-corrected chi connectivity index (χ2v) is 2.93. The third kappa shape index (κ3) is 2.51. The summed E-state index contributed by atoms with van der Waals surface area (Å²) >= 11 is 1.67. The Bertz CT molecular complexity index is 193. The van der Waals surface area contributed by atoms with Gasteiger partial charge in [0.2, 0.25) is 5.89 Å². The van der Waals surface area contributed by atoms with Crippen LogP contribution in [-0.4, -0.2) is 23.4 Å². The maximum atomic E-state index is 4.94. The molecule has 62 valence electrons. The van der Waals surface area contributed by atoms with Crippen LogP contribution in [0.25, 0.3) is 0 Å². The van der Waals surface area contributed by atoms with Crippen molar-refractivity contribution in [3.8, 4) is 0 Å². The fraction of sp³-hybridized carbons (Fsp3) is 0.667. The zero-order valence-corrected chi connectivity index (χ0v) is 7.44. The SMILES string of the molecule is CNCc1noc(CSC)n1. The molecule has 0 amide bonds. The summed E-state index contributed by atoms with van der Waals surface area (Å²) in [5, 5.41) is 6.71. The van der Waals surface area contributed by atoms with Gasteiger partial charge in [-0.05, 0) is 13.3 Å². The summed E-state index contributed by atoms with van der Waals surface area (Å²) in [6.07, 6.45) is 2.00. The van der Waals surface area contributed by atoms with Crippen molar-refractivity contribution >= 4 is 11.8 Å². The van der Waals surface area contributed by atoms with Crippen molar-refractivity contribution < 1.29 is 4.52 Å². The minimum Gasteiger partial charge on any atom is -0.338 e. The van der Waals surface area contributed by atoms with Crippen LogP contribution in [0.4, 0.5) is 0 Å². The topological polar surface area (TPSA) is 51.0 Å². The molecule has 1 rings (SSSR count). The summed E-state index contributed by atoms with van der Waals surface area (Å²) in [5.41, 5.74) is 0. The van der Waals surface area contributed by atoms with Crippen molar-refractivity contribution in [1.29, 1.82) is 0 Å². The number of hydrogen-bond donors (Lipinski definition) is 1. The van der Waals surface area contributed by atoms with Crippen molar-refractivity contribution in [2.45, 2.75) is 12.3 Å². The van der Waals surface area contributed by atoms with Gasteiger partial charge in [0.1, 0.15) is 0 Å². The van der Waals surface area contributed by atoms with E-state index < -0.39 is 0 Å². The quantitative estimate of drug-likeness (QED) is 0.724. The highest BCUT2D eigenvalue weighted by atomic mass is 32.2. The lowest BCUT2D eigenvalue weighted by atomic mass is 10.6. The molecule has 5 heteroatoms. The minimum atomic E-state index is 0.665. The summed E-state index contributed by atoms with van der Waals surface area (Å²) in [7, 11) is 1.85. The third-order valence-corrected chi connectivity index (χ3v) is 1.65. The molecule has 1 aromatic heterocycles. The number of aromatic nitrogens is 2. The van der Waals surface area contributed by atoms with Crippen molar-refractivity contribution in [2.75, 3.05) is 13.3 Å². The second-order valence-electron chi connectivity index (χ2n) is 2.07. The summed E-state index contributed by atoms with van der Waals surface area (Å²) in [6.45, 7) is 0.665. The molecule has 0 fully saturated rings. The monoisotopic (exact) mass is 173 g/mol. The van der Waals surface area contributed by atoms with E-state index in [0.717, 1.165) is 11.6 Å². The van der Waals surface area contributed by atoms with Gasteiger partial charge < -0.3 is 9.84 Å². The fourth-order valence-corrected chi connectivity index (χ4v) is 1.07. The highest BCUT2D eigenvalue weighted by molar-refractivity contribution is 7.97. The van der Waals surface area contributed by atoms with Crippen molar-refractivity contribution in [1.82, 2.24) is 15.5 Å². The van der Waals surface area contributed by atoms with E-state index in [1.54, 1.807) is 11.8 Å². The molecule has 1 N–H and O–H groups in total. The standard InChI is InChI=1S/C6H11N3OS/c1-7-3-5-8-6(4-11-2)10-9-5/h7H,3-4H2,1-2H3. The van der Waals surface area contributed by atoms with Gasteiger partial charge in [-0.1, -0.05) is 5.16 Å². The van der Waals surface area contributed by atoms with Gasteiger partial charge in [0.25, 0.3) is 0 Å². The Morgan fingerprint density at radius 2 is 2.45 bits per heavy atom. The Kier molecular flexibility index (Phi) is 3.38.